The topological polar surface area (TPSA) is 68.6 Å². The standard InChI is InChI=1S/C14H13N6O/c1-9-15-5-6-18(9)13-4-3-12-14(17-13)20-10(2)16-7-11(20)8-19(12)21/h3-7H,8H2,1-2H3/q+1. The molecule has 21 heavy (non-hydrogen) atoms. The summed E-state index contributed by atoms with van der Waals surface area (Å²) in [7, 11) is 0. The molecule has 1 aliphatic heterocycles. The highest BCUT2D eigenvalue weighted by atomic mass is 16.3. The monoisotopic (exact) mass is 281 g/mol. The second-order valence-electron chi connectivity index (χ2n) is 5.03. The molecular formula is C14H13N6O+. The zero-order valence-electron chi connectivity index (χ0n) is 11.7. The number of fused-ring (bicyclic) bond motifs is 3. The van der Waals surface area contributed by atoms with E-state index in [9.17, 15) is 4.91 Å². The lowest BCUT2D eigenvalue weighted by Crippen LogP contribution is -2.18. The molecule has 0 fully saturated rings. The van der Waals surface area contributed by atoms with Crippen molar-refractivity contribution in [1.29, 1.82) is 0 Å². The lowest BCUT2D eigenvalue weighted by molar-refractivity contribution is -0.483. The zero-order chi connectivity index (χ0) is 14.6. The molecule has 4 rings (SSSR count). The molecule has 7 heteroatoms. The Hall–Kier alpha value is -2.83. The number of hydrogen-bond donors (Lipinski definition) is 0. The van der Waals surface area contributed by atoms with Gasteiger partial charge in [0.15, 0.2) is 0 Å². The summed E-state index contributed by atoms with van der Waals surface area (Å²) < 4.78 is 4.76. The average Bonchev–Trinajstić information content (AvgIpc) is 3.05. The normalized spacial score (nSPS) is 13.1. The number of pyridine rings is 1. The van der Waals surface area contributed by atoms with E-state index in [1.165, 1.54) is 0 Å². The number of rotatable bonds is 1. The van der Waals surface area contributed by atoms with Crippen LogP contribution in [0, 0.1) is 18.8 Å². The Morgan fingerprint density at radius 1 is 1.19 bits per heavy atom. The lowest BCUT2D eigenvalue weighted by Gasteiger charge is -2.14. The van der Waals surface area contributed by atoms with Gasteiger partial charge in [-0.2, -0.15) is 0 Å². The van der Waals surface area contributed by atoms with Gasteiger partial charge in [0.05, 0.1) is 6.20 Å². The van der Waals surface area contributed by atoms with Crippen molar-refractivity contribution in [3.8, 4) is 11.6 Å². The number of imidazole rings is 2. The molecule has 0 aromatic carbocycles. The van der Waals surface area contributed by atoms with Gasteiger partial charge in [0.2, 0.25) is 12.4 Å². The van der Waals surface area contributed by atoms with Gasteiger partial charge in [-0.25, -0.2) is 15.0 Å². The summed E-state index contributed by atoms with van der Waals surface area (Å²) in [5.74, 6) is 3.02. The first kappa shape index (κ1) is 12.0. The lowest BCUT2D eigenvalue weighted by atomic mass is 10.2. The van der Waals surface area contributed by atoms with Gasteiger partial charge in [-0.15, -0.1) is 0 Å². The van der Waals surface area contributed by atoms with E-state index in [-0.39, 0.29) is 0 Å². The Balaban J connectivity index is 1.98. The first-order valence-electron chi connectivity index (χ1n) is 6.65. The fourth-order valence-corrected chi connectivity index (χ4v) is 2.67. The van der Waals surface area contributed by atoms with E-state index in [1.807, 2.05) is 35.2 Å². The quantitative estimate of drug-likeness (QED) is 0.640. The van der Waals surface area contributed by atoms with Crippen molar-refractivity contribution in [3.05, 3.63) is 53.0 Å². The van der Waals surface area contributed by atoms with Gasteiger partial charge in [0, 0.05) is 28.1 Å². The van der Waals surface area contributed by atoms with Gasteiger partial charge in [0.25, 0.3) is 5.69 Å². The molecule has 3 aromatic heterocycles. The van der Waals surface area contributed by atoms with Gasteiger partial charge >= 0.3 is 0 Å². The van der Waals surface area contributed by atoms with Gasteiger partial charge in [0.1, 0.15) is 23.2 Å². The maximum atomic E-state index is 12.1. The van der Waals surface area contributed by atoms with Crippen molar-refractivity contribution in [2.45, 2.75) is 20.4 Å². The highest BCUT2D eigenvalue weighted by Crippen LogP contribution is 2.30. The number of nitroso groups, excluding NO2 is 1. The molecule has 0 aliphatic carbocycles. The Morgan fingerprint density at radius 3 is 2.81 bits per heavy atom. The fraction of sp³-hybridized carbons (Fsp3) is 0.214. The largest absolute Gasteiger partial charge is 0.299 e. The SMILES string of the molecule is Cc1nccn1-c1ccc2c(n1)-n1c(cnc1C)C[N+]2=O. The van der Waals surface area contributed by atoms with Crippen LogP contribution >= 0.6 is 0 Å². The molecule has 0 N–H and O–H groups in total. The van der Waals surface area contributed by atoms with Crippen molar-refractivity contribution in [2.75, 3.05) is 0 Å². The molecule has 0 amide bonds. The van der Waals surface area contributed by atoms with Crippen LogP contribution < -0.4 is 0 Å². The van der Waals surface area contributed by atoms with Crippen LogP contribution in [0.1, 0.15) is 17.3 Å². The van der Waals surface area contributed by atoms with E-state index >= 15 is 0 Å². The van der Waals surface area contributed by atoms with Crippen molar-refractivity contribution < 1.29 is 4.76 Å². The van der Waals surface area contributed by atoms with Crippen LogP contribution in [0.25, 0.3) is 11.6 Å². The summed E-state index contributed by atoms with van der Waals surface area (Å²) in [6.45, 7) is 4.11. The summed E-state index contributed by atoms with van der Waals surface area (Å²) in [6.07, 6.45) is 5.30. The van der Waals surface area contributed by atoms with Crippen molar-refractivity contribution in [3.63, 3.8) is 0 Å². The number of hydrogen-bond acceptors (Lipinski definition) is 4. The maximum Gasteiger partial charge on any atom is 0.299 e. The number of aromatic nitrogens is 5. The van der Waals surface area contributed by atoms with Gasteiger partial charge in [-0.3, -0.25) is 9.13 Å². The second kappa shape index (κ2) is 4.08. The van der Waals surface area contributed by atoms with E-state index in [2.05, 4.69) is 15.0 Å². The molecule has 3 aromatic rings. The molecule has 0 unspecified atom stereocenters. The summed E-state index contributed by atoms with van der Waals surface area (Å²) in [6, 6.07) is 3.63. The third-order valence-corrected chi connectivity index (χ3v) is 3.71. The van der Waals surface area contributed by atoms with E-state index < -0.39 is 0 Å². The van der Waals surface area contributed by atoms with E-state index in [4.69, 9.17) is 0 Å². The number of aryl methyl sites for hydroxylation is 2. The Morgan fingerprint density at radius 2 is 2.05 bits per heavy atom. The zero-order valence-corrected chi connectivity index (χ0v) is 11.7. The molecule has 0 spiro atoms. The molecule has 0 atom stereocenters. The molecule has 104 valence electrons. The van der Waals surface area contributed by atoms with Crippen LogP contribution in [0.15, 0.2) is 30.7 Å². The Bertz CT molecular complexity index is 875. The van der Waals surface area contributed by atoms with Crippen molar-refractivity contribution >= 4 is 5.69 Å². The summed E-state index contributed by atoms with van der Waals surface area (Å²) >= 11 is 0. The van der Waals surface area contributed by atoms with Crippen LogP contribution in [0.4, 0.5) is 5.69 Å². The first-order valence-corrected chi connectivity index (χ1v) is 6.65. The maximum absolute atomic E-state index is 12.1. The van der Waals surface area contributed by atoms with Gasteiger partial charge in [-0.05, 0) is 19.9 Å². The third kappa shape index (κ3) is 1.63. The molecule has 7 nitrogen and oxygen atoms in total. The number of nitrogens with zero attached hydrogens (tertiary/aromatic N) is 6. The van der Waals surface area contributed by atoms with Crippen LogP contribution in [-0.2, 0) is 6.54 Å². The molecule has 0 saturated carbocycles. The minimum absolute atomic E-state index is 0.291. The van der Waals surface area contributed by atoms with E-state index in [0.29, 0.717) is 18.1 Å². The summed E-state index contributed by atoms with van der Waals surface area (Å²) in [5.41, 5.74) is 1.41. The molecule has 1 aliphatic rings. The average molecular weight is 281 g/mol. The Kier molecular flexibility index (Phi) is 2.32. The summed E-state index contributed by atoms with van der Waals surface area (Å²) in [4.78, 5) is 25.3. The van der Waals surface area contributed by atoms with Crippen molar-refractivity contribution in [1.82, 2.24) is 24.1 Å². The van der Waals surface area contributed by atoms with Crippen LogP contribution in [0.5, 0.6) is 0 Å². The molecule has 4 heterocycles. The summed E-state index contributed by atoms with van der Waals surface area (Å²) in [5, 5.41) is 0. The Labute approximate surface area is 120 Å². The predicted molar refractivity (Wildman–Crippen MR) is 74.9 cm³/mol. The highest BCUT2D eigenvalue weighted by molar-refractivity contribution is 5.53. The van der Waals surface area contributed by atoms with Gasteiger partial charge < -0.3 is 0 Å². The molecule has 0 radical (unpaired) electrons. The second-order valence-corrected chi connectivity index (χ2v) is 5.03. The minimum Gasteiger partial charge on any atom is -0.288 e. The van der Waals surface area contributed by atoms with Crippen LogP contribution in [-0.4, -0.2) is 28.8 Å². The molecule has 0 bridgehead atoms. The first-order chi connectivity index (χ1) is 10.1. The molecular weight excluding hydrogens is 268 g/mol. The fourth-order valence-electron chi connectivity index (χ4n) is 2.67. The van der Waals surface area contributed by atoms with E-state index in [0.717, 1.165) is 27.9 Å². The minimum atomic E-state index is 0.291. The highest BCUT2D eigenvalue weighted by Gasteiger charge is 2.32. The smallest absolute Gasteiger partial charge is 0.288 e. The van der Waals surface area contributed by atoms with Gasteiger partial charge in [-0.1, -0.05) is 0 Å². The van der Waals surface area contributed by atoms with Crippen LogP contribution in [0.3, 0.4) is 0 Å². The third-order valence-electron chi connectivity index (χ3n) is 3.71. The molecule has 0 saturated heterocycles. The van der Waals surface area contributed by atoms with E-state index in [1.54, 1.807) is 18.5 Å². The van der Waals surface area contributed by atoms with Crippen molar-refractivity contribution in [2.24, 2.45) is 0 Å². The predicted octanol–water partition coefficient (Wildman–Crippen LogP) is 1.99. The van der Waals surface area contributed by atoms with Crippen LogP contribution in [0.2, 0.25) is 0 Å².